The molecule has 0 radical (unpaired) electrons. The van der Waals surface area contributed by atoms with Crippen LogP contribution in [0.25, 0.3) is 21.3 Å². The number of ether oxygens (including phenoxy) is 1. The van der Waals surface area contributed by atoms with Gasteiger partial charge in [0, 0.05) is 44.1 Å². The monoisotopic (exact) mass is 437 g/mol. The summed E-state index contributed by atoms with van der Waals surface area (Å²) in [4.78, 5) is 30.7. The second kappa shape index (κ2) is 8.62. The van der Waals surface area contributed by atoms with E-state index in [2.05, 4.69) is 19.9 Å². The molecule has 0 atom stereocenters. The molecule has 0 N–H and O–H groups in total. The Kier molecular flexibility index (Phi) is 5.54. The lowest BCUT2D eigenvalue weighted by molar-refractivity contribution is 0.0391. The van der Waals surface area contributed by atoms with Crippen molar-refractivity contribution in [2.75, 3.05) is 44.3 Å². The molecule has 0 unspecified atom stereocenters. The molecule has 1 aliphatic rings. The Labute approximate surface area is 182 Å². The van der Waals surface area contributed by atoms with Crippen molar-refractivity contribution in [3.05, 3.63) is 60.2 Å². The van der Waals surface area contributed by atoms with Gasteiger partial charge in [0.25, 0.3) is 5.91 Å². The average molecular weight is 438 g/mol. The van der Waals surface area contributed by atoms with Crippen molar-refractivity contribution in [2.24, 2.45) is 0 Å². The van der Waals surface area contributed by atoms with Crippen LogP contribution in [-0.4, -0.2) is 65.2 Å². The van der Waals surface area contributed by atoms with Gasteiger partial charge in [-0.25, -0.2) is 9.37 Å². The molecule has 3 heterocycles. The fourth-order valence-corrected chi connectivity index (χ4v) is 4.62. The number of amides is 1. The third-order valence-corrected chi connectivity index (χ3v) is 6.32. The van der Waals surface area contributed by atoms with E-state index in [1.165, 1.54) is 23.5 Å². The molecule has 2 aromatic carbocycles. The van der Waals surface area contributed by atoms with Crippen molar-refractivity contribution < 1.29 is 13.9 Å². The maximum atomic E-state index is 13.7. The zero-order valence-corrected chi connectivity index (χ0v) is 17.5. The average Bonchev–Trinajstić information content (AvgIpc) is 3.22. The van der Waals surface area contributed by atoms with Crippen LogP contribution in [0.3, 0.4) is 0 Å². The van der Waals surface area contributed by atoms with Crippen LogP contribution in [0, 0.1) is 5.82 Å². The minimum atomic E-state index is -0.318. The molecule has 0 bridgehead atoms. The highest BCUT2D eigenvalue weighted by Crippen LogP contribution is 2.30. The number of hydrogen-bond donors (Lipinski definition) is 0. The van der Waals surface area contributed by atoms with Crippen LogP contribution >= 0.6 is 11.3 Å². The summed E-state index contributed by atoms with van der Waals surface area (Å²) >= 11 is 1.32. The van der Waals surface area contributed by atoms with Gasteiger partial charge in [-0.1, -0.05) is 11.3 Å². The molecule has 1 saturated heterocycles. The molecule has 1 aliphatic heterocycles. The lowest BCUT2D eigenvalue weighted by Crippen LogP contribution is -2.43. The quantitative estimate of drug-likeness (QED) is 0.477. The summed E-state index contributed by atoms with van der Waals surface area (Å²) in [6.07, 6.45) is 3.23. The molecule has 31 heavy (non-hydrogen) atoms. The van der Waals surface area contributed by atoms with E-state index >= 15 is 0 Å². The molecule has 5 rings (SSSR count). The fraction of sp³-hybridized carbons (Fsp3) is 0.273. The summed E-state index contributed by atoms with van der Waals surface area (Å²) in [6.45, 7) is 4.22. The van der Waals surface area contributed by atoms with Crippen LogP contribution in [-0.2, 0) is 4.74 Å². The minimum Gasteiger partial charge on any atom is -0.379 e. The van der Waals surface area contributed by atoms with E-state index in [1.807, 2.05) is 0 Å². The highest BCUT2D eigenvalue weighted by molar-refractivity contribution is 7.22. The molecule has 0 aliphatic carbocycles. The van der Waals surface area contributed by atoms with Crippen LogP contribution in [0.15, 0.2) is 48.8 Å². The normalized spacial score (nSPS) is 14.9. The first-order valence-corrected chi connectivity index (χ1v) is 10.9. The highest BCUT2D eigenvalue weighted by atomic mass is 32.1. The number of rotatable bonds is 5. The zero-order valence-electron chi connectivity index (χ0n) is 16.7. The Bertz CT molecular complexity index is 1240. The van der Waals surface area contributed by atoms with Gasteiger partial charge >= 0.3 is 0 Å². The molecule has 9 heteroatoms. The van der Waals surface area contributed by atoms with Crippen LogP contribution in [0.1, 0.15) is 10.4 Å². The highest BCUT2D eigenvalue weighted by Gasteiger charge is 2.23. The zero-order chi connectivity index (χ0) is 21.2. The Morgan fingerprint density at radius 3 is 2.68 bits per heavy atom. The van der Waals surface area contributed by atoms with Crippen molar-refractivity contribution in [1.82, 2.24) is 19.9 Å². The standard InChI is InChI=1S/C22H20FN5O2S/c23-16-2-4-18-20(14-16)31-22(26-18)28(8-7-27-9-11-30-12-10-27)21(29)15-1-3-17-19(13-15)25-6-5-24-17/h1-6,13-14H,7-12H2. The van der Waals surface area contributed by atoms with Gasteiger partial charge in [-0.3, -0.25) is 24.6 Å². The molecule has 1 fully saturated rings. The predicted molar refractivity (Wildman–Crippen MR) is 118 cm³/mol. The predicted octanol–water partition coefficient (Wildman–Crippen LogP) is 3.36. The Hall–Kier alpha value is -3.01. The van der Waals surface area contributed by atoms with Gasteiger partial charge in [0.15, 0.2) is 5.13 Å². The molecule has 2 aromatic heterocycles. The summed E-state index contributed by atoms with van der Waals surface area (Å²) in [5.74, 6) is -0.484. The van der Waals surface area contributed by atoms with E-state index < -0.39 is 0 Å². The second-order valence-electron chi connectivity index (χ2n) is 7.28. The first-order valence-electron chi connectivity index (χ1n) is 10.1. The smallest absolute Gasteiger partial charge is 0.260 e. The number of halogens is 1. The number of aromatic nitrogens is 3. The number of carbonyl (C=O) groups excluding carboxylic acids is 1. The van der Waals surface area contributed by atoms with Crippen molar-refractivity contribution >= 4 is 43.6 Å². The van der Waals surface area contributed by atoms with E-state index in [1.54, 1.807) is 41.6 Å². The molecule has 0 spiro atoms. The van der Waals surface area contributed by atoms with Gasteiger partial charge in [0.1, 0.15) is 5.82 Å². The summed E-state index contributed by atoms with van der Waals surface area (Å²) in [5.41, 5.74) is 2.58. The fourth-order valence-electron chi connectivity index (χ4n) is 3.60. The maximum absolute atomic E-state index is 13.7. The van der Waals surface area contributed by atoms with Gasteiger partial charge in [-0.05, 0) is 36.4 Å². The molecule has 1 amide bonds. The number of carbonyl (C=O) groups is 1. The Morgan fingerprint density at radius 1 is 1.06 bits per heavy atom. The number of anilines is 1. The summed E-state index contributed by atoms with van der Waals surface area (Å²) in [5, 5.41) is 0.554. The molecule has 7 nitrogen and oxygen atoms in total. The number of morpholine rings is 1. The third-order valence-electron chi connectivity index (χ3n) is 5.28. The van der Waals surface area contributed by atoms with Crippen LogP contribution in [0.5, 0.6) is 0 Å². The van der Waals surface area contributed by atoms with Crippen molar-refractivity contribution in [2.45, 2.75) is 0 Å². The van der Waals surface area contributed by atoms with Crippen LogP contribution < -0.4 is 4.90 Å². The van der Waals surface area contributed by atoms with Crippen molar-refractivity contribution in [1.29, 1.82) is 0 Å². The van der Waals surface area contributed by atoms with Gasteiger partial charge in [0.05, 0.1) is 34.5 Å². The van der Waals surface area contributed by atoms with Gasteiger partial charge in [0.2, 0.25) is 0 Å². The van der Waals surface area contributed by atoms with Crippen molar-refractivity contribution in [3.63, 3.8) is 0 Å². The van der Waals surface area contributed by atoms with Crippen molar-refractivity contribution in [3.8, 4) is 0 Å². The SMILES string of the molecule is O=C(c1ccc2nccnc2c1)N(CCN1CCOCC1)c1nc2ccc(F)cc2s1. The first-order chi connectivity index (χ1) is 15.2. The van der Waals surface area contributed by atoms with Gasteiger partial charge in [-0.2, -0.15) is 0 Å². The maximum Gasteiger partial charge on any atom is 0.260 e. The van der Waals surface area contributed by atoms with Gasteiger partial charge < -0.3 is 4.74 Å². The molecular formula is C22H20FN5O2S. The van der Waals surface area contributed by atoms with E-state index in [-0.39, 0.29) is 11.7 Å². The van der Waals surface area contributed by atoms with E-state index in [9.17, 15) is 9.18 Å². The Morgan fingerprint density at radius 2 is 1.84 bits per heavy atom. The topological polar surface area (TPSA) is 71.5 Å². The number of hydrogen-bond acceptors (Lipinski definition) is 7. The van der Waals surface area contributed by atoms with E-state index in [0.29, 0.717) is 52.7 Å². The molecule has 0 saturated carbocycles. The summed E-state index contributed by atoms with van der Waals surface area (Å²) in [6, 6.07) is 9.78. The summed E-state index contributed by atoms with van der Waals surface area (Å²) in [7, 11) is 0. The number of fused-ring (bicyclic) bond motifs is 2. The van der Waals surface area contributed by atoms with E-state index in [0.717, 1.165) is 18.6 Å². The lowest BCUT2D eigenvalue weighted by atomic mass is 10.1. The third kappa shape index (κ3) is 4.25. The van der Waals surface area contributed by atoms with Crippen LogP contribution in [0.4, 0.5) is 9.52 Å². The molecule has 158 valence electrons. The second-order valence-corrected chi connectivity index (χ2v) is 8.29. The minimum absolute atomic E-state index is 0.166. The van der Waals surface area contributed by atoms with E-state index in [4.69, 9.17) is 4.74 Å². The lowest BCUT2D eigenvalue weighted by Gasteiger charge is -2.29. The van der Waals surface area contributed by atoms with Gasteiger partial charge in [-0.15, -0.1) is 0 Å². The summed E-state index contributed by atoms with van der Waals surface area (Å²) < 4.78 is 19.8. The number of thiazole rings is 1. The molecule has 4 aromatic rings. The first kappa shape index (κ1) is 19.9. The Balaban J connectivity index is 1.48. The largest absolute Gasteiger partial charge is 0.379 e. The number of benzene rings is 2. The van der Waals surface area contributed by atoms with Crippen LogP contribution in [0.2, 0.25) is 0 Å². The molecular weight excluding hydrogens is 417 g/mol. The number of nitrogens with zero attached hydrogens (tertiary/aromatic N) is 5.